The van der Waals surface area contributed by atoms with Gasteiger partial charge in [-0.2, -0.15) is 0 Å². The van der Waals surface area contributed by atoms with Gasteiger partial charge in [-0.3, -0.25) is 0 Å². The van der Waals surface area contributed by atoms with Crippen LogP contribution < -0.4 is 0 Å². The van der Waals surface area contributed by atoms with Gasteiger partial charge in [0.05, 0.1) is 0 Å². The van der Waals surface area contributed by atoms with Crippen molar-refractivity contribution in [2.24, 2.45) is 0 Å². The molecule has 1 nitrogen and oxygen atoms in total. The highest BCUT2D eigenvalue weighted by Gasteiger charge is 1.97. The first-order valence-corrected chi connectivity index (χ1v) is 12.4. The van der Waals surface area contributed by atoms with Gasteiger partial charge in [0.2, 0.25) is 0 Å². The van der Waals surface area contributed by atoms with Gasteiger partial charge in [-0.1, -0.05) is 102 Å². The molecule has 0 radical (unpaired) electrons. The predicted octanol–water partition coefficient (Wildman–Crippen LogP) is 8.29. The summed E-state index contributed by atoms with van der Waals surface area (Å²) >= 11 is 0. The van der Waals surface area contributed by atoms with Gasteiger partial charge < -0.3 is 0 Å². The Morgan fingerprint density at radius 3 is 1.67 bits per heavy atom. The Kier molecular flexibility index (Phi) is 12.7. The van der Waals surface area contributed by atoms with Crippen molar-refractivity contribution in [3.8, 4) is 11.8 Å². The number of unbranched alkanes of at least 4 members (excludes halogenated alkanes) is 10. The van der Waals surface area contributed by atoms with E-state index in [0.29, 0.717) is 0 Å². The minimum Gasteiger partial charge on any atom is -0.248 e. The molecule has 1 heteroatoms. The fourth-order valence-corrected chi connectivity index (χ4v) is 3.76. The van der Waals surface area contributed by atoms with Crippen LogP contribution >= 0.6 is 0 Å². The van der Waals surface area contributed by atoms with E-state index in [1.807, 2.05) is 6.20 Å². The van der Waals surface area contributed by atoms with E-state index in [1.54, 1.807) is 0 Å². The summed E-state index contributed by atoms with van der Waals surface area (Å²) in [7, 11) is 0. The molecule has 0 aliphatic rings. The number of hydrogen-bond acceptors (Lipinski definition) is 1. The largest absolute Gasteiger partial charge is 0.248 e. The van der Waals surface area contributed by atoms with Crippen molar-refractivity contribution in [2.45, 2.75) is 104 Å². The second-order valence-electron chi connectivity index (χ2n) is 8.53. The lowest BCUT2D eigenvalue weighted by Crippen LogP contribution is -1.90. The van der Waals surface area contributed by atoms with Gasteiger partial charge in [0, 0.05) is 11.8 Å². The Morgan fingerprint density at radius 2 is 1.10 bits per heavy atom. The molecule has 0 unspecified atom stereocenters. The number of aromatic nitrogens is 1. The summed E-state index contributed by atoms with van der Waals surface area (Å²) in [6.07, 6.45) is 20.4. The number of nitrogens with zero attached hydrogens (tertiary/aromatic N) is 1. The third kappa shape index (κ3) is 10.6. The second-order valence-corrected chi connectivity index (χ2v) is 8.53. The Labute approximate surface area is 185 Å². The molecule has 162 valence electrons. The lowest BCUT2D eigenvalue weighted by molar-refractivity contribution is 0.607. The lowest BCUT2D eigenvalue weighted by atomic mass is 10.0. The number of benzene rings is 1. The quantitative estimate of drug-likeness (QED) is 0.228. The minimum atomic E-state index is 0.859. The zero-order valence-corrected chi connectivity index (χ0v) is 19.4. The average Bonchev–Trinajstić information content (AvgIpc) is 2.79. The summed E-state index contributed by atoms with van der Waals surface area (Å²) in [6.45, 7) is 4.54. The zero-order valence-electron chi connectivity index (χ0n) is 19.4. The molecule has 0 saturated carbocycles. The highest BCUT2D eigenvalue weighted by molar-refractivity contribution is 5.41. The summed E-state index contributed by atoms with van der Waals surface area (Å²) in [5, 5.41) is 0. The van der Waals surface area contributed by atoms with Crippen molar-refractivity contribution < 1.29 is 0 Å². The summed E-state index contributed by atoms with van der Waals surface area (Å²) in [6, 6.07) is 13.0. The van der Waals surface area contributed by atoms with Crippen molar-refractivity contribution in [1.29, 1.82) is 0 Å². The summed E-state index contributed by atoms with van der Waals surface area (Å²) in [5.41, 5.74) is 4.68. The fourth-order valence-electron chi connectivity index (χ4n) is 3.76. The van der Waals surface area contributed by atoms with Gasteiger partial charge in [-0.05, 0) is 60.9 Å². The smallest absolute Gasteiger partial charge is 0.113 e. The molecule has 2 rings (SSSR count). The molecule has 0 N–H and O–H groups in total. The maximum Gasteiger partial charge on any atom is 0.113 e. The maximum absolute atomic E-state index is 4.54. The first-order valence-electron chi connectivity index (χ1n) is 12.4. The molecule has 0 spiro atoms. The second kappa shape index (κ2) is 15.7. The third-order valence-corrected chi connectivity index (χ3v) is 5.75. The number of rotatable bonds is 14. The fraction of sp³-hybridized carbons (Fsp3) is 0.552. The van der Waals surface area contributed by atoms with Crippen molar-refractivity contribution >= 4 is 0 Å². The van der Waals surface area contributed by atoms with Gasteiger partial charge in [0.1, 0.15) is 5.69 Å². The van der Waals surface area contributed by atoms with E-state index in [1.165, 1.54) is 94.6 Å². The molecule has 1 aromatic carbocycles. The molecule has 0 atom stereocenters. The Hall–Kier alpha value is -2.07. The van der Waals surface area contributed by atoms with Crippen LogP contribution in [0.2, 0.25) is 0 Å². The molecule has 30 heavy (non-hydrogen) atoms. The number of aryl methyl sites for hydroxylation is 2. The molecule has 1 heterocycles. The van der Waals surface area contributed by atoms with Crippen LogP contribution in [0, 0.1) is 11.8 Å². The van der Waals surface area contributed by atoms with Crippen LogP contribution in [0.15, 0.2) is 42.6 Å². The molecule has 2 aromatic rings. The minimum absolute atomic E-state index is 0.859. The van der Waals surface area contributed by atoms with Gasteiger partial charge in [0.25, 0.3) is 0 Å². The van der Waals surface area contributed by atoms with E-state index in [9.17, 15) is 0 Å². The highest BCUT2D eigenvalue weighted by atomic mass is 14.7. The highest BCUT2D eigenvalue weighted by Crippen LogP contribution is 2.12. The van der Waals surface area contributed by atoms with Crippen molar-refractivity contribution in [3.63, 3.8) is 0 Å². The van der Waals surface area contributed by atoms with Crippen molar-refractivity contribution in [1.82, 2.24) is 4.98 Å². The van der Waals surface area contributed by atoms with E-state index in [0.717, 1.165) is 17.7 Å². The summed E-state index contributed by atoms with van der Waals surface area (Å²) in [5.74, 6) is 6.47. The number of hydrogen-bond donors (Lipinski definition) is 0. The Morgan fingerprint density at radius 1 is 0.567 bits per heavy atom. The lowest BCUT2D eigenvalue weighted by Gasteiger charge is -2.02. The molecule has 0 aliphatic carbocycles. The van der Waals surface area contributed by atoms with Crippen molar-refractivity contribution in [2.75, 3.05) is 0 Å². The van der Waals surface area contributed by atoms with Crippen LogP contribution in [0.25, 0.3) is 0 Å². The maximum atomic E-state index is 4.54. The molecule has 0 saturated heterocycles. The normalized spacial score (nSPS) is 10.6. The summed E-state index contributed by atoms with van der Waals surface area (Å²) in [4.78, 5) is 4.54. The first kappa shape index (κ1) is 24.2. The standard InChI is InChI=1S/C29H41N/c1-3-5-7-9-11-13-15-26-17-19-27(20-18-26)21-23-29-24-22-28(25-30-29)16-14-12-10-8-6-4-2/h17-20,22,24-25H,3-16H2,1-2H3. The van der Waals surface area contributed by atoms with E-state index in [-0.39, 0.29) is 0 Å². The molecule has 0 aliphatic heterocycles. The van der Waals surface area contributed by atoms with Crippen LogP contribution in [0.1, 0.15) is 113 Å². The SMILES string of the molecule is CCCCCCCCc1ccc(C#Cc2ccc(CCCCCCCC)cn2)cc1. The zero-order chi connectivity index (χ0) is 21.3. The average molecular weight is 404 g/mol. The molecular weight excluding hydrogens is 362 g/mol. The monoisotopic (exact) mass is 403 g/mol. The Balaban J connectivity index is 1.70. The summed E-state index contributed by atoms with van der Waals surface area (Å²) < 4.78 is 0. The molecule has 0 amide bonds. The molecular formula is C29H41N. The van der Waals surface area contributed by atoms with Crippen molar-refractivity contribution in [3.05, 3.63) is 65.0 Å². The van der Waals surface area contributed by atoms with E-state index in [4.69, 9.17) is 0 Å². The van der Waals surface area contributed by atoms with Crippen LogP contribution in [0.4, 0.5) is 0 Å². The van der Waals surface area contributed by atoms with Gasteiger partial charge in [-0.15, -0.1) is 0 Å². The van der Waals surface area contributed by atoms with Crippen LogP contribution in [-0.4, -0.2) is 4.98 Å². The molecule has 0 bridgehead atoms. The topological polar surface area (TPSA) is 12.9 Å². The Bertz CT molecular complexity index is 667. The third-order valence-electron chi connectivity index (χ3n) is 5.75. The predicted molar refractivity (Wildman–Crippen MR) is 131 cm³/mol. The number of pyridine rings is 1. The van der Waals surface area contributed by atoms with E-state index >= 15 is 0 Å². The van der Waals surface area contributed by atoms with E-state index < -0.39 is 0 Å². The van der Waals surface area contributed by atoms with Crippen LogP contribution in [0.5, 0.6) is 0 Å². The molecule has 1 aromatic heterocycles. The van der Waals surface area contributed by atoms with Gasteiger partial charge in [-0.25, -0.2) is 4.98 Å². The van der Waals surface area contributed by atoms with Crippen LogP contribution in [0.3, 0.4) is 0 Å². The van der Waals surface area contributed by atoms with Gasteiger partial charge >= 0.3 is 0 Å². The van der Waals surface area contributed by atoms with Gasteiger partial charge in [0.15, 0.2) is 0 Å². The molecule has 0 fully saturated rings. The van der Waals surface area contributed by atoms with Crippen LogP contribution in [-0.2, 0) is 12.8 Å². The first-order chi connectivity index (χ1) is 14.8. The van der Waals surface area contributed by atoms with E-state index in [2.05, 4.69) is 67.1 Å².